The van der Waals surface area contributed by atoms with Gasteiger partial charge < -0.3 is 9.73 Å². The lowest BCUT2D eigenvalue weighted by molar-refractivity contribution is 0.525. The number of aromatic nitrogens is 2. The van der Waals surface area contributed by atoms with Crippen molar-refractivity contribution in [2.75, 3.05) is 12.4 Å². The predicted octanol–water partition coefficient (Wildman–Crippen LogP) is 3.21. The number of nitrogens with one attached hydrogen (secondary N) is 1. The van der Waals surface area contributed by atoms with Gasteiger partial charge in [0.15, 0.2) is 11.6 Å². The first kappa shape index (κ1) is 12.6. The van der Waals surface area contributed by atoms with Gasteiger partial charge in [-0.1, -0.05) is 13.8 Å². The predicted molar refractivity (Wildman–Crippen MR) is 72.8 cm³/mol. The number of hydrogen-bond donors (Lipinski definition) is 1. The SMILES string of the molecule is CCc1ccc(-c2nc(CC)c(C)c(NC)n2)o1. The van der Waals surface area contributed by atoms with Crippen molar-refractivity contribution in [2.45, 2.75) is 33.6 Å². The van der Waals surface area contributed by atoms with Crippen LogP contribution in [0.15, 0.2) is 16.5 Å². The number of aryl methyl sites for hydroxylation is 2. The maximum Gasteiger partial charge on any atom is 0.197 e. The van der Waals surface area contributed by atoms with E-state index in [0.29, 0.717) is 5.82 Å². The fourth-order valence-corrected chi connectivity index (χ4v) is 1.95. The Balaban J connectivity index is 2.50. The van der Waals surface area contributed by atoms with Crippen LogP contribution in [-0.4, -0.2) is 17.0 Å². The van der Waals surface area contributed by atoms with Crippen LogP contribution in [0.4, 0.5) is 5.82 Å². The average Bonchev–Trinajstić information content (AvgIpc) is 2.88. The number of rotatable bonds is 4. The van der Waals surface area contributed by atoms with Crippen LogP contribution >= 0.6 is 0 Å². The highest BCUT2D eigenvalue weighted by atomic mass is 16.3. The maximum absolute atomic E-state index is 5.70. The van der Waals surface area contributed by atoms with E-state index in [2.05, 4.69) is 29.1 Å². The topological polar surface area (TPSA) is 51.0 Å². The third-order valence-electron chi connectivity index (χ3n) is 3.05. The molecule has 0 unspecified atom stereocenters. The van der Waals surface area contributed by atoms with E-state index in [1.165, 1.54) is 0 Å². The van der Waals surface area contributed by atoms with E-state index in [1.54, 1.807) is 0 Å². The average molecular weight is 245 g/mol. The van der Waals surface area contributed by atoms with Crippen LogP contribution in [0.1, 0.15) is 30.9 Å². The number of furan rings is 1. The minimum Gasteiger partial charge on any atom is -0.458 e. The number of nitrogens with zero attached hydrogens (tertiary/aromatic N) is 2. The molecule has 2 aromatic heterocycles. The minimum absolute atomic E-state index is 0.654. The van der Waals surface area contributed by atoms with Crippen LogP contribution in [0.2, 0.25) is 0 Å². The molecule has 0 amide bonds. The number of anilines is 1. The highest BCUT2D eigenvalue weighted by molar-refractivity contribution is 5.55. The molecule has 0 aromatic carbocycles. The lowest BCUT2D eigenvalue weighted by Gasteiger charge is -2.09. The van der Waals surface area contributed by atoms with Gasteiger partial charge in [-0.2, -0.15) is 0 Å². The van der Waals surface area contributed by atoms with Gasteiger partial charge in [0.05, 0.1) is 0 Å². The van der Waals surface area contributed by atoms with E-state index in [-0.39, 0.29) is 0 Å². The van der Waals surface area contributed by atoms with Crippen molar-refractivity contribution >= 4 is 5.82 Å². The molecule has 0 atom stereocenters. The zero-order valence-electron chi connectivity index (χ0n) is 11.4. The summed E-state index contributed by atoms with van der Waals surface area (Å²) in [5, 5.41) is 3.11. The first-order valence-corrected chi connectivity index (χ1v) is 6.33. The van der Waals surface area contributed by atoms with Crippen molar-refractivity contribution in [3.63, 3.8) is 0 Å². The molecule has 0 aliphatic carbocycles. The van der Waals surface area contributed by atoms with E-state index in [4.69, 9.17) is 4.42 Å². The van der Waals surface area contributed by atoms with Gasteiger partial charge in [0.25, 0.3) is 0 Å². The Kier molecular flexibility index (Phi) is 3.65. The molecule has 2 rings (SSSR count). The largest absolute Gasteiger partial charge is 0.458 e. The summed E-state index contributed by atoms with van der Waals surface area (Å²) >= 11 is 0. The van der Waals surface area contributed by atoms with Crippen LogP contribution in [-0.2, 0) is 12.8 Å². The molecule has 2 heterocycles. The molecular weight excluding hydrogens is 226 g/mol. The van der Waals surface area contributed by atoms with Crippen LogP contribution < -0.4 is 5.32 Å². The molecule has 0 aliphatic rings. The first-order valence-electron chi connectivity index (χ1n) is 6.33. The molecule has 0 saturated heterocycles. The van der Waals surface area contributed by atoms with Crippen LogP contribution in [0.25, 0.3) is 11.6 Å². The third-order valence-corrected chi connectivity index (χ3v) is 3.05. The van der Waals surface area contributed by atoms with Gasteiger partial charge in [-0.15, -0.1) is 0 Å². The number of hydrogen-bond acceptors (Lipinski definition) is 4. The summed E-state index contributed by atoms with van der Waals surface area (Å²) in [5.74, 6) is 3.21. The molecule has 4 nitrogen and oxygen atoms in total. The van der Waals surface area contributed by atoms with Crippen molar-refractivity contribution in [1.29, 1.82) is 0 Å². The van der Waals surface area contributed by atoms with Gasteiger partial charge in [0, 0.05) is 24.7 Å². The summed E-state index contributed by atoms with van der Waals surface area (Å²) in [6.07, 6.45) is 1.77. The first-order chi connectivity index (χ1) is 8.69. The molecule has 0 fully saturated rings. The van der Waals surface area contributed by atoms with E-state index >= 15 is 0 Å². The fraction of sp³-hybridized carbons (Fsp3) is 0.429. The van der Waals surface area contributed by atoms with E-state index in [1.807, 2.05) is 26.1 Å². The molecule has 1 N–H and O–H groups in total. The summed E-state index contributed by atoms with van der Waals surface area (Å²) in [4.78, 5) is 9.07. The lowest BCUT2D eigenvalue weighted by Crippen LogP contribution is -2.04. The van der Waals surface area contributed by atoms with Gasteiger partial charge in [-0.3, -0.25) is 0 Å². The maximum atomic E-state index is 5.70. The van der Waals surface area contributed by atoms with Gasteiger partial charge in [0.2, 0.25) is 0 Å². The third kappa shape index (κ3) is 2.23. The fourth-order valence-electron chi connectivity index (χ4n) is 1.95. The van der Waals surface area contributed by atoms with E-state index in [9.17, 15) is 0 Å². The Morgan fingerprint density at radius 1 is 1.17 bits per heavy atom. The lowest BCUT2D eigenvalue weighted by atomic mass is 10.2. The standard InChI is InChI=1S/C14H19N3O/c1-5-10-7-8-12(18-10)14-16-11(6-2)9(3)13(15-4)17-14/h7-8H,5-6H2,1-4H3,(H,15,16,17). The molecule has 96 valence electrons. The monoisotopic (exact) mass is 245 g/mol. The van der Waals surface area contributed by atoms with Crippen molar-refractivity contribution in [3.8, 4) is 11.6 Å². The molecule has 2 aromatic rings. The Bertz CT molecular complexity index is 521. The Morgan fingerprint density at radius 3 is 2.50 bits per heavy atom. The second-order valence-electron chi connectivity index (χ2n) is 4.19. The molecule has 0 radical (unpaired) electrons. The Morgan fingerprint density at radius 2 is 1.94 bits per heavy atom. The Hall–Kier alpha value is -1.84. The van der Waals surface area contributed by atoms with Gasteiger partial charge in [-0.05, 0) is 25.5 Å². The quantitative estimate of drug-likeness (QED) is 0.898. The van der Waals surface area contributed by atoms with Gasteiger partial charge in [0.1, 0.15) is 11.6 Å². The van der Waals surface area contributed by atoms with Crippen molar-refractivity contribution in [1.82, 2.24) is 9.97 Å². The van der Waals surface area contributed by atoms with Crippen molar-refractivity contribution in [2.24, 2.45) is 0 Å². The van der Waals surface area contributed by atoms with Crippen molar-refractivity contribution in [3.05, 3.63) is 29.2 Å². The van der Waals surface area contributed by atoms with Crippen LogP contribution in [0.3, 0.4) is 0 Å². The Labute approximate surface area is 107 Å². The second kappa shape index (κ2) is 5.21. The van der Waals surface area contributed by atoms with E-state index < -0.39 is 0 Å². The molecule has 0 bridgehead atoms. The van der Waals surface area contributed by atoms with Crippen molar-refractivity contribution < 1.29 is 4.42 Å². The molecule has 0 spiro atoms. The second-order valence-corrected chi connectivity index (χ2v) is 4.19. The summed E-state index contributed by atoms with van der Waals surface area (Å²) in [6, 6.07) is 3.91. The summed E-state index contributed by atoms with van der Waals surface area (Å²) in [7, 11) is 1.87. The zero-order valence-corrected chi connectivity index (χ0v) is 11.4. The molecule has 4 heteroatoms. The molecular formula is C14H19N3O. The van der Waals surface area contributed by atoms with Gasteiger partial charge in [-0.25, -0.2) is 9.97 Å². The smallest absolute Gasteiger partial charge is 0.197 e. The van der Waals surface area contributed by atoms with E-state index in [0.717, 1.165) is 41.4 Å². The summed E-state index contributed by atoms with van der Waals surface area (Å²) in [6.45, 7) is 6.20. The normalized spacial score (nSPS) is 10.7. The highest BCUT2D eigenvalue weighted by Crippen LogP contribution is 2.24. The summed E-state index contributed by atoms with van der Waals surface area (Å²) < 4.78 is 5.70. The van der Waals surface area contributed by atoms with Crippen LogP contribution in [0, 0.1) is 6.92 Å². The zero-order chi connectivity index (χ0) is 13.1. The summed E-state index contributed by atoms with van der Waals surface area (Å²) in [5.41, 5.74) is 2.16. The molecule has 0 aliphatic heterocycles. The van der Waals surface area contributed by atoms with Gasteiger partial charge >= 0.3 is 0 Å². The highest BCUT2D eigenvalue weighted by Gasteiger charge is 2.12. The van der Waals surface area contributed by atoms with Crippen LogP contribution in [0.5, 0.6) is 0 Å². The molecule has 0 saturated carbocycles. The minimum atomic E-state index is 0.654. The molecule has 18 heavy (non-hydrogen) atoms.